The van der Waals surface area contributed by atoms with E-state index in [0.717, 1.165) is 35.6 Å². The Kier molecular flexibility index (Phi) is 6.67. The Morgan fingerprint density at radius 3 is 2.52 bits per heavy atom. The van der Waals surface area contributed by atoms with E-state index in [9.17, 15) is 9.18 Å². The van der Waals surface area contributed by atoms with Gasteiger partial charge in [0.2, 0.25) is 5.91 Å². The Bertz CT molecular complexity index is 955. The van der Waals surface area contributed by atoms with Gasteiger partial charge in [0.15, 0.2) is 0 Å². The molecule has 1 unspecified atom stereocenters. The highest BCUT2D eigenvalue weighted by atomic mass is 35.5. The van der Waals surface area contributed by atoms with Gasteiger partial charge in [-0.1, -0.05) is 25.1 Å². The van der Waals surface area contributed by atoms with Gasteiger partial charge in [0, 0.05) is 29.8 Å². The lowest BCUT2D eigenvalue weighted by molar-refractivity contribution is -0.126. The van der Waals surface area contributed by atoms with Gasteiger partial charge in [-0.2, -0.15) is 5.10 Å². The Morgan fingerprint density at radius 2 is 1.90 bits per heavy atom. The van der Waals surface area contributed by atoms with Gasteiger partial charge in [0.1, 0.15) is 5.82 Å². The van der Waals surface area contributed by atoms with Crippen LogP contribution in [0.1, 0.15) is 12.5 Å². The smallest absolute Gasteiger partial charge is 0.223 e. The van der Waals surface area contributed by atoms with Crippen LogP contribution in [-0.2, 0) is 11.3 Å². The van der Waals surface area contributed by atoms with Crippen molar-refractivity contribution in [2.24, 2.45) is 11.8 Å². The fourth-order valence-electron chi connectivity index (χ4n) is 3.32. The lowest BCUT2D eigenvalue weighted by Gasteiger charge is -2.31. The zero-order valence-electron chi connectivity index (χ0n) is 16.1. The van der Waals surface area contributed by atoms with Crippen LogP contribution in [0, 0.1) is 17.7 Å². The first-order valence-electron chi connectivity index (χ1n) is 9.50. The highest BCUT2D eigenvalue weighted by Crippen LogP contribution is 2.24. The van der Waals surface area contributed by atoms with Crippen molar-refractivity contribution >= 4 is 18.3 Å². The van der Waals surface area contributed by atoms with Crippen LogP contribution in [0.15, 0.2) is 60.8 Å². The number of benzene rings is 2. The third kappa shape index (κ3) is 4.66. The molecule has 2 N–H and O–H groups in total. The van der Waals surface area contributed by atoms with Crippen molar-refractivity contribution in [2.75, 3.05) is 13.1 Å². The molecule has 0 radical (unpaired) electrons. The number of hydrogen-bond donors (Lipinski definition) is 2. The molecular weight excluding hydrogens is 391 g/mol. The summed E-state index contributed by atoms with van der Waals surface area (Å²) in [6, 6.07) is 16.0. The second kappa shape index (κ2) is 9.20. The van der Waals surface area contributed by atoms with E-state index in [1.807, 2.05) is 43.5 Å². The third-order valence-electron chi connectivity index (χ3n) is 5.32. The van der Waals surface area contributed by atoms with E-state index in [2.05, 4.69) is 10.6 Å². The van der Waals surface area contributed by atoms with Crippen molar-refractivity contribution in [2.45, 2.75) is 13.5 Å². The molecule has 0 bridgehead atoms. The fourth-order valence-corrected chi connectivity index (χ4v) is 3.32. The first-order valence-corrected chi connectivity index (χ1v) is 9.50. The monoisotopic (exact) mass is 414 g/mol. The predicted octanol–water partition coefficient (Wildman–Crippen LogP) is 3.57. The van der Waals surface area contributed by atoms with Crippen LogP contribution < -0.4 is 10.6 Å². The average molecular weight is 415 g/mol. The Hall–Kier alpha value is -2.70. The van der Waals surface area contributed by atoms with Crippen LogP contribution in [-0.4, -0.2) is 28.8 Å². The summed E-state index contributed by atoms with van der Waals surface area (Å²) in [4.78, 5) is 12.5. The molecule has 1 aliphatic heterocycles. The standard InChI is InChI=1S/C22H23FN4O.ClH/c1-15(17-11-24-12-17)22(28)25-13-18-14-27(20-5-3-2-4-6-20)26-21(18)16-7-9-19(23)10-8-16;/h2-10,14-15,17,24H,11-13H2,1H3,(H,25,28);1H. The molecule has 0 aliphatic carbocycles. The van der Waals surface area contributed by atoms with Crippen LogP contribution in [0.5, 0.6) is 0 Å². The number of halogens is 2. The number of carbonyl (C=O) groups is 1. The Labute approximate surface area is 175 Å². The van der Waals surface area contributed by atoms with E-state index >= 15 is 0 Å². The topological polar surface area (TPSA) is 59.0 Å². The highest BCUT2D eigenvalue weighted by molar-refractivity contribution is 5.85. The van der Waals surface area contributed by atoms with Gasteiger partial charge < -0.3 is 10.6 Å². The van der Waals surface area contributed by atoms with Crippen LogP contribution in [0.2, 0.25) is 0 Å². The van der Waals surface area contributed by atoms with Crippen molar-refractivity contribution in [3.05, 3.63) is 72.2 Å². The first kappa shape index (κ1) is 21.0. The minimum atomic E-state index is -0.288. The molecule has 5 nitrogen and oxygen atoms in total. The molecule has 1 atom stereocenters. The van der Waals surface area contributed by atoms with Crippen LogP contribution >= 0.6 is 12.4 Å². The summed E-state index contributed by atoms with van der Waals surface area (Å²) < 4.78 is 15.1. The number of rotatable bonds is 6. The number of amides is 1. The van der Waals surface area contributed by atoms with Gasteiger partial charge in [-0.05, 0) is 55.4 Å². The van der Waals surface area contributed by atoms with Crippen LogP contribution in [0.4, 0.5) is 4.39 Å². The molecule has 4 rings (SSSR count). The number of para-hydroxylation sites is 1. The van der Waals surface area contributed by atoms with Crippen LogP contribution in [0.25, 0.3) is 16.9 Å². The summed E-state index contributed by atoms with van der Waals surface area (Å²) in [6.07, 6.45) is 1.92. The first-order chi connectivity index (χ1) is 13.6. The predicted molar refractivity (Wildman–Crippen MR) is 114 cm³/mol. The minimum absolute atomic E-state index is 0. The minimum Gasteiger partial charge on any atom is -0.352 e. The van der Waals surface area contributed by atoms with E-state index in [4.69, 9.17) is 5.10 Å². The van der Waals surface area contributed by atoms with E-state index < -0.39 is 0 Å². The molecule has 1 aliphatic rings. The van der Waals surface area contributed by atoms with Crippen molar-refractivity contribution in [3.63, 3.8) is 0 Å². The number of nitrogens with one attached hydrogen (secondary N) is 2. The molecule has 0 spiro atoms. The number of aromatic nitrogens is 2. The molecule has 1 amide bonds. The lowest BCUT2D eigenvalue weighted by atomic mass is 9.88. The van der Waals surface area contributed by atoms with Gasteiger partial charge in [-0.25, -0.2) is 9.07 Å². The number of carbonyl (C=O) groups excluding carboxylic acids is 1. The zero-order chi connectivity index (χ0) is 19.5. The Balaban J connectivity index is 0.00000240. The summed E-state index contributed by atoms with van der Waals surface area (Å²) >= 11 is 0. The van der Waals surface area contributed by atoms with Crippen molar-refractivity contribution in [1.29, 1.82) is 0 Å². The van der Waals surface area contributed by atoms with E-state index in [-0.39, 0.29) is 30.0 Å². The van der Waals surface area contributed by atoms with Crippen molar-refractivity contribution < 1.29 is 9.18 Å². The quantitative estimate of drug-likeness (QED) is 0.648. The molecule has 2 aromatic carbocycles. The summed E-state index contributed by atoms with van der Waals surface area (Å²) in [6.45, 7) is 4.13. The maximum absolute atomic E-state index is 13.3. The van der Waals surface area contributed by atoms with E-state index in [1.54, 1.807) is 16.8 Å². The van der Waals surface area contributed by atoms with Gasteiger partial charge >= 0.3 is 0 Å². The third-order valence-corrected chi connectivity index (χ3v) is 5.32. The molecule has 1 fully saturated rings. The fraction of sp³-hybridized carbons (Fsp3) is 0.273. The second-order valence-electron chi connectivity index (χ2n) is 7.21. The normalized spacial score (nSPS) is 14.6. The van der Waals surface area contributed by atoms with E-state index in [0.29, 0.717) is 12.5 Å². The molecular formula is C22H24ClFN4O. The highest BCUT2D eigenvalue weighted by Gasteiger charge is 2.28. The van der Waals surface area contributed by atoms with Gasteiger partial charge in [-0.3, -0.25) is 4.79 Å². The van der Waals surface area contributed by atoms with Gasteiger partial charge in [0.25, 0.3) is 0 Å². The zero-order valence-corrected chi connectivity index (χ0v) is 17.0. The molecule has 152 valence electrons. The largest absolute Gasteiger partial charge is 0.352 e. The Morgan fingerprint density at radius 1 is 1.21 bits per heavy atom. The molecule has 1 aromatic heterocycles. The molecule has 2 heterocycles. The van der Waals surface area contributed by atoms with Gasteiger partial charge in [0.05, 0.1) is 11.4 Å². The lowest BCUT2D eigenvalue weighted by Crippen LogP contribution is -2.49. The van der Waals surface area contributed by atoms with Gasteiger partial charge in [-0.15, -0.1) is 12.4 Å². The van der Waals surface area contributed by atoms with E-state index in [1.165, 1.54) is 12.1 Å². The summed E-state index contributed by atoms with van der Waals surface area (Å²) in [5, 5.41) is 10.9. The van der Waals surface area contributed by atoms with Crippen molar-refractivity contribution in [3.8, 4) is 16.9 Å². The molecule has 3 aromatic rings. The number of hydrogen-bond acceptors (Lipinski definition) is 3. The average Bonchev–Trinajstić information content (AvgIpc) is 3.10. The molecule has 1 saturated heterocycles. The molecule has 0 saturated carbocycles. The van der Waals surface area contributed by atoms with Crippen molar-refractivity contribution in [1.82, 2.24) is 20.4 Å². The maximum atomic E-state index is 13.3. The molecule has 7 heteroatoms. The SMILES string of the molecule is CC(C(=O)NCc1cn(-c2ccccc2)nc1-c1ccc(F)cc1)C1CNC1.Cl. The summed E-state index contributed by atoms with van der Waals surface area (Å²) in [5.41, 5.74) is 3.37. The molecule has 29 heavy (non-hydrogen) atoms. The summed E-state index contributed by atoms with van der Waals surface area (Å²) in [7, 11) is 0. The van der Waals surface area contributed by atoms with Crippen LogP contribution in [0.3, 0.4) is 0 Å². The number of nitrogens with zero attached hydrogens (tertiary/aromatic N) is 2. The second-order valence-corrected chi connectivity index (χ2v) is 7.21. The maximum Gasteiger partial charge on any atom is 0.223 e. The summed E-state index contributed by atoms with van der Waals surface area (Å²) in [5.74, 6) is 0.122.